The van der Waals surface area contributed by atoms with E-state index in [2.05, 4.69) is 20.6 Å². The van der Waals surface area contributed by atoms with Crippen LogP contribution in [0.15, 0.2) is 18.3 Å². The summed E-state index contributed by atoms with van der Waals surface area (Å²) in [5.74, 6) is -1.25. The van der Waals surface area contributed by atoms with Crippen molar-refractivity contribution in [2.45, 2.75) is 52.6 Å². The highest BCUT2D eigenvalue weighted by Crippen LogP contribution is 2.25. The number of rotatable bonds is 8. The van der Waals surface area contributed by atoms with Gasteiger partial charge in [0.15, 0.2) is 11.6 Å². The van der Waals surface area contributed by atoms with Crippen LogP contribution >= 0.6 is 0 Å². The normalized spacial score (nSPS) is 13.1. The number of hydrogen-bond acceptors (Lipinski definition) is 6. The number of hydrogen-bond donors (Lipinski definition) is 4. The van der Waals surface area contributed by atoms with Crippen LogP contribution in [0.5, 0.6) is 0 Å². The molecule has 0 aliphatic heterocycles. The third kappa shape index (κ3) is 5.13. The summed E-state index contributed by atoms with van der Waals surface area (Å²) >= 11 is 0. The van der Waals surface area contributed by atoms with Crippen LogP contribution in [-0.4, -0.2) is 28.0 Å². The number of primary amides is 1. The third-order valence-electron chi connectivity index (χ3n) is 4.40. The number of carbonyl (C=O) groups is 1. The summed E-state index contributed by atoms with van der Waals surface area (Å²) < 4.78 is 14.5. The predicted molar refractivity (Wildman–Crippen MR) is 106 cm³/mol. The maximum absolute atomic E-state index is 14.5. The zero-order chi connectivity index (χ0) is 20.1. The number of nitrogens with one attached hydrogen (secondary N) is 2. The van der Waals surface area contributed by atoms with Crippen LogP contribution in [0, 0.1) is 19.7 Å². The Kier molecular flexibility index (Phi) is 6.68. The van der Waals surface area contributed by atoms with E-state index in [1.165, 1.54) is 0 Å². The summed E-state index contributed by atoms with van der Waals surface area (Å²) in [7, 11) is 0. The molecule has 2 rings (SSSR count). The maximum atomic E-state index is 14.5. The van der Waals surface area contributed by atoms with Gasteiger partial charge in [-0.2, -0.15) is 0 Å². The molecule has 27 heavy (non-hydrogen) atoms. The number of anilines is 3. The Morgan fingerprint density at radius 2 is 2.00 bits per heavy atom. The molecule has 0 bridgehead atoms. The zero-order valence-corrected chi connectivity index (χ0v) is 16.1. The molecule has 8 heteroatoms. The first-order valence-corrected chi connectivity index (χ1v) is 8.95. The predicted octanol–water partition coefficient (Wildman–Crippen LogP) is 3.00. The van der Waals surface area contributed by atoms with Gasteiger partial charge in [-0.1, -0.05) is 13.3 Å². The van der Waals surface area contributed by atoms with Crippen molar-refractivity contribution in [3.05, 3.63) is 41.0 Å². The molecule has 0 saturated carbocycles. The van der Waals surface area contributed by atoms with E-state index in [0.29, 0.717) is 5.69 Å². The minimum Gasteiger partial charge on any atom is -0.365 e. The van der Waals surface area contributed by atoms with Gasteiger partial charge >= 0.3 is 0 Å². The molecule has 2 aromatic heterocycles. The lowest BCUT2D eigenvalue weighted by Crippen LogP contribution is -2.38. The van der Waals surface area contributed by atoms with E-state index in [9.17, 15) is 9.18 Å². The molecule has 0 aliphatic carbocycles. The fourth-order valence-corrected chi connectivity index (χ4v) is 2.67. The van der Waals surface area contributed by atoms with Gasteiger partial charge in [0, 0.05) is 17.8 Å². The van der Waals surface area contributed by atoms with Crippen molar-refractivity contribution in [2.24, 2.45) is 11.5 Å². The van der Waals surface area contributed by atoms with Gasteiger partial charge in [0.2, 0.25) is 0 Å². The SMILES string of the molecule is CCCC(Nc1nc(Nc2cnc(C)c(C)c2)c(C(N)=O)cc1F)C(C)N. The molecule has 7 nitrogen and oxygen atoms in total. The number of carbonyl (C=O) groups excluding carboxylic acids is 1. The van der Waals surface area contributed by atoms with Crippen molar-refractivity contribution in [3.8, 4) is 0 Å². The van der Waals surface area contributed by atoms with E-state index >= 15 is 0 Å². The average Bonchev–Trinajstić information content (AvgIpc) is 2.59. The number of nitrogens with zero attached hydrogens (tertiary/aromatic N) is 2. The van der Waals surface area contributed by atoms with E-state index in [-0.39, 0.29) is 29.3 Å². The van der Waals surface area contributed by atoms with Gasteiger partial charge in [-0.15, -0.1) is 0 Å². The van der Waals surface area contributed by atoms with Gasteiger partial charge in [-0.25, -0.2) is 9.37 Å². The lowest BCUT2D eigenvalue weighted by molar-refractivity contribution is 0.100. The minimum atomic E-state index is -0.774. The van der Waals surface area contributed by atoms with Crippen molar-refractivity contribution < 1.29 is 9.18 Å². The van der Waals surface area contributed by atoms with E-state index in [1.54, 1.807) is 6.20 Å². The van der Waals surface area contributed by atoms with E-state index < -0.39 is 11.7 Å². The number of pyridine rings is 2. The van der Waals surface area contributed by atoms with Crippen LogP contribution in [0.25, 0.3) is 0 Å². The quantitative estimate of drug-likeness (QED) is 0.564. The minimum absolute atomic E-state index is 0.0232. The van der Waals surface area contributed by atoms with Gasteiger partial charge in [0.05, 0.1) is 17.4 Å². The molecule has 146 valence electrons. The molecule has 0 aromatic carbocycles. The highest BCUT2D eigenvalue weighted by molar-refractivity contribution is 5.98. The molecule has 6 N–H and O–H groups in total. The van der Waals surface area contributed by atoms with Gasteiger partial charge in [-0.05, 0) is 44.9 Å². The molecule has 1 amide bonds. The molecule has 2 unspecified atom stereocenters. The smallest absolute Gasteiger partial charge is 0.252 e. The fraction of sp³-hybridized carbons (Fsp3) is 0.421. The van der Waals surface area contributed by atoms with Gasteiger partial charge in [0.25, 0.3) is 5.91 Å². The molecule has 0 aliphatic rings. The first-order valence-electron chi connectivity index (χ1n) is 8.95. The Bertz CT molecular complexity index is 824. The summed E-state index contributed by atoms with van der Waals surface area (Å²) in [6, 6.07) is 2.61. The summed E-state index contributed by atoms with van der Waals surface area (Å²) in [6.45, 7) is 7.69. The molecule has 0 radical (unpaired) electrons. The molecular weight excluding hydrogens is 347 g/mol. The molecule has 0 fully saturated rings. The molecule has 0 spiro atoms. The molecular formula is C19H27FN6O. The summed E-state index contributed by atoms with van der Waals surface area (Å²) in [6.07, 6.45) is 3.27. The lowest BCUT2D eigenvalue weighted by Gasteiger charge is -2.23. The van der Waals surface area contributed by atoms with E-state index in [1.807, 2.05) is 33.8 Å². The average molecular weight is 374 g/mol. The maximum Gasteiger partial charge on any atom is 0.252 e. The number of aryl methyl sites for hydroxylation is 2. The lowest BCUT2D eigenvalue weighted by atomic mass is 10.1. The second kappa shape index (κ2) is 8.77. The van der Waals surface area contributed by atoms with Gasteiger partial charge < -0.3 is 22.1 Å². The summed E-state index contributed by atoms with van der Waals surface area (Å²) in [5, 5.41) is 6.05. The largest absolute Gasteiger partial charge is 0.365 e. The summed E-state index contributed by atoms with van der Waals surface area (Å²) in [4.78, 5) is 20.3. The van der Waals surface area contributed by atoms with Crippen molar-refractivity contribution in [3.63, 3.8) is 0 Å². The van der Waals surface area contributed by atoms with Crippen molar-refractivity contribution in [1.29, 1.82) is 0 Å². The Labute approximate surface area is 158 Å². The van der Waals surface area contributed by atoms with Crippen molar-refractivity contribution >= 4 is 23.2 Å². The fourth-order valence-electron chi connectivity index (χ4n) is 2.67. The van der Waals surface area contributed by atoms with Gasteiger partial charge in [-0.3, -0.25) is 9.78 Å². The van der Waals surface area contributed by atoms with Crippen molar-refractivity contribution in [2.75, 3.05) is 10.6 Å². The highest BCUT2D eigenvalue weighted by atomic mass is 19.1. The number of halogens is 1. The Hall–Kier alpha value is -2.74. The van der Waals surface area contributed by atoms with Crippen LogP contribution in [0.3, 0.4) is 0 Å². The standard InChI is InChI=1S/C19H27FN6O/c1-5-6-16(11(3)21)25-19-15(20)8-14(17(22)27)18(26-19)24-13-7-10(2)12(4)23-9-13/h7-9,11,16H,5-6,21H2,1-4H3,(H2,22,27)(H2,24,25,26). The third-order valence-corrected chi connectivity index (χ3v) is 4.40. The number of nitrogens with two attached hydrogens (primary N) is 2. The monoisotopic (exact) mass is 374 g/mol. The van der Waals surface area contributed by atoms with Crippen LogP contribution in [0.4, 0.5) is 21.7 Å². The molecule has 2 heterocycles. The topological polar surface area (TPSA) is 119 Å². The molecule has 2 aromatic rings. The van der Waals surface area contributed by atoms with Crippen molar-refractivity contribution in [1.82, 2.24) is 9.97 Å². The Morgan fingerprint density at radius 1 is 1.30 bits per heavy atom. The Balaban J connectivity index is 2.41. The number of aromatic nitrogens is 2. The van der Waals surface area contributed by atoms with Crippen LogP contribution in [0.2, 0.25) is 0 Å². The van der Waals surface area contributed by atoms with E-state index in [0.717, 1.165) is 30.2 Å². The Morgan fingerprint density at radius 3 is 2.56 bits per heavy atom. The molecule has 0 saturated heterocycles. The second-order valence-electron chi connectivity index (χ2n) is 6.73. The molecule has 2 atom stereocenters. The summed E-state index contributed by atoms with van der Waals surface area (Å²) in [5.41, 5.74) is 13.8. The van der Waals surface area contributed by atoms with Gasteiger partial charge in [0.1, 0.15) is 5.82 Å². The first kappa shape index (κ1) is 20.6. The number of amides is 1. The second-order valence-corrected chi connectivity index (χ2v) is 6.73. The van der Waals surface area contributed by atoms with E-state index in [4.69, 9.17) is 11.5 Å². The van der Waals surface area contributed by atoms with Crippen LogP contribution in [0.1, 0.15) is 48.3 Å². The van der Waals surface area contributed by atoms with Crippen LogP contribution in [-0.2, 0) is 0 Å². The zero-order valence-electron chi connectivity index (χ0n) is 16.1. The highest BCUT2D eigenvalue weighted by Gasteiger charge is 2.20. The first-order chi connectivity index (χ1) is 12.7. The van der Waals surface area contributed by atoms with Crippen LogP contribution < -0.4 is 22.1 Å².